The average Bonchev–Trinajstić information content (AvgIpc) is 2.55. The van der Waals surface area contributed by atoms with Crippen LogP contribution in [0.3, 0.4) is 0 Å². The highest BCUT2D eigenvalue weighted by atomic mass is 16.6. The van der Waals surface area contributed by atoms with Crippen molar-refractivity contribution in [1.82, 2.24) is 0 Å². The first-order valence-electron chi connectivity index (χ1n) is 7.77. The van der Waals surface area contributed by atoms with Crippen molar-refractivity contribution in [3.05, 3.63) is 30.3 Å². The molecule has 1 fully saturated rings. The number of carbonyl (C=O) groups excluding carboxylic acids is 2. The second kappa shape index (κ2) is 7.76. The van der Waals surface area contributed by atoms with E-state index >= 15 is 0 Å². The van der Waals surface area contributed by atoms with Crippen LogP contribution in [0.15, 0.2) is 30.3 Å². The number of carboxylic acid groups (broad SMARTS) is 1. The average molecular weight is 320 g/mol. The topological polar surface area (TPSA) is 89.9 Å². The molecule has 1 unspecified atom stereocenters. The third-order valence-corrected chi connectivity index (χ3v) is 3.83. The Morgan fingerprint density at radius 2 is 1.70 bits per heavy atom. The highest BCUT2D eigenvalue weighted by Gasteiger charge is 2.51. The van der Waals surface area contributed by atoms with Crippen LogP contribution in [0.1, 0.15) is 44.9 Å². The third-order valence-electron chi connectivity index (χ3n) is 3.83. The van der Waals surface area contributed by atoms with E-state index in [2.05, 4.69) is 0 Å². The van der Waals surface area contributed by atoms with Crippen LogP contribution in [0.2, 0.25) is 0 Å². The van der Waals surface area contributed by atoms with Crippen molar-refractivity contribution in [3.8, 4) is 5.75 Å². The third kappa shape index (κ3) is 4.31. The fourth-order valence-electron chi connectivity index (χ4n) is 2.53. The van der Waals surface area contributed by atoms with Gasteiger partial charge in [-0.25, -0.2) is 9.59 Å². The molecule has 0 amide bonds. The number of carboxylic acids is 1. The van der Waals surface area contributed by atoms with Crippen molar-refractivity contribution >= 4 is 17.9 Å². The normalized spacial score (nSPS) is 23.5. The molecule has 0 bridgehead atoms. The highest BCUT2D eigenvalue weighted by Crippen LogP contribution is 2.27. The molecule has 0 saturated carbocycles. The van der Waals surface area contributed by atoms with Crippen molar-refractivity contribution in [2.45, 2.75) is 50.5 Å². The predicted molar refractivity (Wildman–Crippen MR) is 80.9 cm³/mol. The molecular formula is C17H20O6. The number of hydrogen-bond acceptors (Lipinski definition) is 5. The lowest BCUT2D eigenvalue weighted by molar-refractivity contribution is -0.181. The number of ether oxygens (including phenoxy) is 2. The van der Waals surface area contributed by atoms with Crippen molar-refractivity contribution in [3.63, 3.8) is 0 Å². The van der Waals surface area contributed by atoms with Crippen LogP contribution >= 0.6 is 0 Å². The van der Waals surface area contributed by atoms with Gasteiger partial charge in [0.15, 0.2) is 0 Å². The molecule has 0 spiro atoms. The quantitative estimate of drug-likeness (QED) is 0.680. The van der Waals surface area contributed by atoms with Crippen LogP contribution in [-0.4, -0.2) is 28.6 Å². The van der Waals surface area contributed by atoms with Gasteiger partial charge in [0, 0.05) is 12.8 Å². The summed E-state index contributed by atoms with van der Waals surface area (Å²) >= 11 is 0. The maximum atomic E-state index is 12.4. The summed E-state index contributed by atoms with van der Waals surface area (Å²) < 4.78 is 10.3. The Morgan fingerprint density at radius 1 is 1.04 bits per heavy atom. The Balaban J connectivity index is 2.31. The standard InChI is InChI=1S/C17H20O6/c18-14-11-7-2-1-3-8-12-17(15(19)20,16(21)22-14)23-13-9-5-4-6-10-13/h4-6,9-10H,1-3,7-8,11-12H2,(H,19,20). The van der Waals surface area contributed by atoms with Gasteiger partial charge in [0.05, 0.1) is 0 Å². The van der Waals surface area contributed by atoms with Crippen molar-refractivity contribution in [2.75, 3.05) is 0 Å². The summed E-state index contributed by atoms with van der Waals surface area (Å²) in [4.78, 5) is 35.9. The van der Waals surface area contributed by atoms with Gasteiger partial charge in [-0.05, 0) is 25.0 Å². The van der Waals surface area contributed by atoms with E-state index in [1.165, 1.54) is 0 Å². The lowest BCUT2D eigenvalue weighted by Crippen LogP contribution is -2.53. The Labute approximate surface area is 134 Å². The molecule has 2 rings (SSSR count). The summed E-state index contributed by atoms with van der Waals surface area (Å²) in [6.07, 6.45) is 3.70. The number of para-hydroxylation sites is 1. The largest absolute Gasteiger partial charge is 0.478 e. The van der Waals surface area contributed by atoms with Gasteiger partial charge in [-0.3, -0.25) is 4.79 Å². The summed E-state index contributed by atoms with van der Waals surface area (Å²) in [6.45, 7) is 0. The van der Waals surface area contributed by atoms with Gasteiger partial charge >= 0.3 is 23.5 Å². The van der Waals surface area contributed by atoms with Crippen LogP contribution in [0.4, 0.5) is 0 Å². The molecule has 1 aliphatic rings. The lowest BCUT2D eigenvalue weighted by atomic mass is 9.95. The maximum Gasteiger partial charge on any atom is 0.370 e. The minimum atomic E-state index is -2.19. The zero-order valence-corrected chi connectivity index (χ0v) is 12.8. The van der Waals surface area contributed by atoms with Gasteiger partial charge in [0.25, 0.3) is 0 Å². The molecule has 0 aromatic heterocycles. The number of esters is 2. The monoisotopic (exact) mass is 320 g/mol. The summed E-state index contributed by atoms with van der Waals surface area (Å²) in [5.74, 6) is -3.06. The van der Waals surface area contributed by atoms with Gasteiger partial charge < -0.3 is 14.6 Å². The summed E-state index contributed by atoms with van der Waals surface area (Å²) in [5.41, 5.74) is -2.19. The summed E-state index contributed by atoms with van der Waals surface area (Å²) in [5, 5.41) is 9.62. The molecule has 1 aliphatic heterocycles. The zero-order valence-electron chi connectivity index (χ0n) is 12.8. The Hall–Kier alpha value is -2.37. The van der Waals surface area contributed by atoms with Crippen LogP contribution in [0.25, 0.3) is 0 Å². The SMILES string of the molecule is O=C1CCCCCCCC(Oc2ccccc2)(C(=O)O)C(=O)O1. The second-order valence-corrected chi connectivity index (χ2v) is 5.58. The molecule has 23 heavy (non-hydrogen) atoms. The summed E-state index contributed by atoms with van der Waals surface area (Å²) in [7, 11) is 0. The smallest absolute Gasteiger partial charge is 0.370 e. The zero-order chi connectivity index (χ0) is 16.7. The van der Waals surface area contributed by atoms with E-state index in [0.717, 1.165) is 19.3 Å². The van der Waals surface area contributed by atoms with E-state index < -0.39 is 23.5 Å². The first-order chi connectivity index (χ1) is 11.0. The number of aliphatic carboxylic acids is 1. The number of hydrogen-bond donors (Lipinski definition) is 1. The van der Waals surface area contributed by atoms with Crippen LogP contribution in [0.5, 0.6) is 5.75 Å². The molecular weight excluding hydrogens is 300 g/mol. The first kappa shape index (κ1) is 17.0. The van der Waals surface area contributed by atoms with Crippen LogP contribution in [-0.2, 0) is 19.1 Å². The second-order valence-electron chi connectivity index (χ2n) is 5.58. The molecule has 1 atom stereocenters. The minimum absolute atomic E-state index is 0.0384. The lowest BCUT2D eigenvalue weighted by Gasteiger charge is -2.27. The van der Waals surface area contributed by atoms with Crippen LogP contribution < -0.4 is 4.74 Å². The molecule has 1 aromatic rings. The van der Waals surface area contributed by atoms with E-state index in [1.807, 2.05) is 0 Å². The van der Waals surface area contributed by atoms with Gasteiger partial charge in [0.1, 0.15) is 5.75 Å². The number of cyclic esters (lactones) is 2. The first-order valence-corrected chi connectivity index (χ1v) is 7.77. The van der Waals surface area contributed by atoms with E-state index in [4.69, 9.17) is 9.47 Å². The highest BCUT2D eigenvalue weighted by molar-refractivity contribution is 6.06. The van der Waals surface area contributed by atoms with Gasteiger partial charge in [0.2, 0.25) is 0 Å². The van der Waals surface area contributed by atoms with Crippen molar-refractivity contribution in [1.29, 1.82) is 0 Å². The number of rotatable bonds is 3. The predicted octanol–water partition coefficient (Wildman–Crippen LogP) is 2.70. The molecule has 1 saturated heterocycles. The number of carbonyl (C=O) groups is 3. The molecule has 1 aromatic carbocycles. The number of benzene rings is 1. The fourth-order valence-corrected chi connectivity index (χ4v) is 2.53. The minimum Gasteiger partial charge on any atom is -0.478 e. The van der Waals surface area contributed by atoms with E-state index in [0.29, 0.717) is 12.8 Å². The van der Waals surface area contributed by atoms with Crippen LogP contribution in [0, 0.1) is 0 Å². The molecule has 0 aliphatic carbocycles. The van der Waals surface area contributed by atoms with E-state index in [1.54, 1.807) is 30.3 Å². The van der Waals surface area contributed by atoms with E-state index in [-0.39, 0.29) is 18.6 Å². The van der Waals surface area contributed by atoms with Crippen molar-refractivity contribution < 1.29 is 29.0 Å². The Morgan fingerprint density at radius 3 is 2.39 bits per heavy atom. The van der Waals surface area contributed by atoms with Gasteiger partial charge in [-0.2, -0.15) is 0 Å². The Bertz CT molecular complexity index is 568. The molecule has 0 radical (unpaired) electrons. The Kier molecular flexibility index (Phi) is 5.73. The molecule has 6 nitrogen and oxygen atoms in total. The molecule has 6 heteroatoms. The fraction of sp³-hybridized carbons (Fsp3) is 0.471. The van der Waals surface area contributed by atoms with Crippen molar-refractivity contribution in [2.24, 2.45) is 0 Å². The van der Waals surface area contributed by atoms with E-state index in [9.17, 15) is 19.5 Å². The maximum absolute atomic E-state index is 12.4. The molecule has 1 N–H and O–H groups in total. The van der Waals surface area contributed by atoms with Gasteiger partial charge in [-0.15, -0.1) is 0 Å². The van der Waals surface area contributed by atoms with Gasteiger partial charge in [-0.1, -0.05) is 37.5 Å². The summed E-state index contributed by atoms with van der Waals surface area (Å²) in [6, 6.07) is 8.22. The molecule has 124 valence electrons. The molecule has 1 heterocycles.